The molecule has 3 rings (SSSR count). The van der Waals surface area contributed by atoms with Gasteiger partial charge in [0, 0.05) is 10.9 Å². The number of benzene rings is 3. The van der Waals surface area contributed by atoms with Gasteiger partial charge in [-0.15, -0.1) is 0 Å². The molecule has 0 atom stereocenters. The Hall–Kier alpha value is -2.45. The van der Waals surface area contributed by atoms with Gasteiger partial charge in [0.05, 0.1) is 0 Å². The van der Waals surface area contributed by atoms with E-state index in [-0.39, 0.29) is 5.78 Å². The Morgan fingerprint density at radius 1 is 0.708 bits per heavy atom. The van der Waals surface area contributed by atoms with Gasteiger partial charge in [-0.2, -0.15) is 0 Å². The lowest BCUT2D eigenvalue weighted by atomic mass is 9.99. The molecule has 0 aromatic heterocycles. The number of carbonyl (C=O) groups excluding carboxylic acids is 1. The first kappa shape index (κ1) is 16.4. The van der Waals surface area contributed by atoms with Crippen molar-refractivity contribution in [2.45, 2.75) is 0 Å². The third-order valence-electron chi connectivity index (χ3n) is 3.87. The van der Waals surface area contributed by atoms with Crippen LogP contribution >= 0.6 is 15.9 Å². The van der Waals surface area contributed by atoms with Crippen molar-refractivity contribution in [1.29, 1.82) is 0 Å². The molecule has 0 aliphatic rings. The minimum Gasteiger partial charge on any atom is -0.289 e. The van der Waals surface area contributed by atoms with E-state index in [9.17, 15) is 4.79 Å². The van der Waals surface area contributed by atoms with Crippen LogP contribution in [0.4, 0.5) is 0 Å². The maximum atomic E-state index is 12.4. The highest BCUT2D eigenvalue weighted by molar-refractivity contribution is 9.09. The summed E-state index contributed by atoms with van der Waals surface area (Å²) in [5.74, 6) is 0.0252. The van der Waals surface area contributed by atoms with Crippen molar-refractivity contribution in [1.82, 2.24) is 0 Å². The first-order valence-electron chi connectivity index (χ1n) is 7.80. The van der Waals surface area contributed by atoms with Gasteiger partial charge in [0.25, 0.3) is 0 Å². The molecule has 0 unspecified atom stereocenters. The highest BCUT2D eigenvalue weighted by atomic mass is 79.9. The van der Waals surface area contributed by atoms with Gasteiger partial charge in [-0.05, 0) is 28.3 Å². The molecule has 0 bridgehead atoms. The zero-order valence-corrected chi connectivity index (χ0v) is 14.7. The van der Waals surface area contributed by atoms with Crippen molar-refractivity contribution >= 4 is 27.3 Å². The van der Waals surface area contributed by atoms with Gasteiger partial charge in [-0.25, -0.2) is 0 Å². The Balaban J connectivity index is 1.86. The van der Waals surface area contributed by atoms with Crippen molar-refractivity contribution < 1.29 is 4.79 Å². The van der Waals surface area contributed by atoms with Crippen LogP contribution in [0.5, 0.6) is 0 Å². The predicted octanol–water partition coefficient (Wildman–Crippen LogP) is 6.01. The molecule has 0 fully saturated rings. The summed E-state index contributed by atoms with van der Waals surface area (Å²) in [5.41, 5.74) is 5.09. The molecule has 24 heavy (non-hydrogen) atoms. The summed E-state index contributed by atoms with van der Waals surface area (Å²) in [6.07, 6.45) is 1.71. The predicted molar refractivity (Wildman–Crippen MR) is 104 cm³/mol. The average molecular weight is 377 g/mol. The molecule has 0 N–H and O–H groups in total. The maximum Gasteiger partial charge on any atom is 0.186 e. The van der Waals surface area contributed by atoms with Gasteiger partial charge in [-0.1, -0.05) is 101 Å². The number of rotatable bonds is 5. The fraction of sp³-hybridized carbons (Fsp3) is 0.0455. The summed E-state index contributed by atoms with van der Waals surface area (Å²) >= 11 is 3.50. The minimum absolute atomic E-state index is 0.0252. The summed E-state index contributed by atoms with van der Waals surface area (Å²) in [7, 11) is 0. The monoisotopic (exact) mass is 376 g/mol. The fourth-order valence-corrected chi connectivity index (χ4v) is 3.04. The second kappa shape index (κ2) is 7.89. The molecule has 2 heteroatoms. The third-order valence-corrected chi connectivity index (χ3v) is 4.47. The van der Waals surface area contributed by atoms with Crippen LogP contribution in [-0.4, -0.2) is 11.1 Å². The van der Waals surface area contributed by atoms with E-state index < -0.39 is 0 Å². The summed E-state index contributed by atoms with van der Waals surface area (Å²) in [5, 5.41) is 0.635. The first-order valence-corrected chi connectivity index (χ1v) is 8.92. The summed E-state index contributed by atoms with van der Waals surface area (Å²) < 4.78 is 0. The summed E-state index contributed by atoms with van der Waals surface area (Å²) in [6, 6.07) is 27.9. The van der Waals surface area contributed by atoms with E-state index in [1.54, 1.807) is 6.08 Å². The van der Waals surface area contributed by atoms with Gasteiger partial charge < -0.3 is 0 Å². The molecule has 3 aromatic carbocycles. The average Bonchev–Trinajstić information content (AvgIpc) is 2.67. The van der Waals surface area contributed by atoms with Crippen LogP contribution in [0.1, 0.15) is 15.9 Å². The topological polar surface area (TPSA) is 17.1 Å². The molecule has 1 nitrogen and oxygen atoms in total. The summed E-state index contributed by atoms with van der Waals surface area (Å²) in [6.45, 7) is 0. The fourth-order valence-electron chi connectivity index (χ4n) is 2.55. The third kappa shape index (κ3) is 3.90. The van der Waals surface area contributed by atoms with Crippen molar-refractivity contribution in [3.63, 3.8) is 0 Å². The van der Waals surface area contributed by atoms with Gasteiger partial charge in [-0.3, -0.25) is 4.79 Å². The van der Waals surface area contributed by atoms with Gasteiger partial charge in [0.2, 0.25) is 0 Å². The highest BCUT2D eigenvalue weighted by Crippen LogP contribution is 2.23. The van der Waals surface area contributed by atoms with E-state index in [0.717, 1.165) is 11.1 Å². The van der Waals surface area contributed by atoms with Gasteiger partial charge in [0.1, 0.15) is 0 Å². The second-order valence-electron chi connectivity index (χ2n) is 5.48. The van der Waals surface area contributed by atoms with Gasteiger partial charge >= 0.3 is 0 Å². The van der Waals surface area contributed by atoms with Crippen LogP contribution in [0.3, 0.4) is 0 Å². The molecule has 0 radical (unpaired) electrons. The highest BCUT2D eigenvalue weighted by Gasteiger charge is 2.07. The molecule has 0 aliphatic heterocycles. The van der Waals surface area contributed by atoms with E-state index in [1.165, 1.54) is 11.1 Å². The maximum absolute atomic E-state index is 12.4. The number of alkyl halides is 1. The molecular formula is C22H17BrO. The van der Waals surface area contributed by atoms with Crippen LogP contribution in [0.25, 0.3) is 16.7 Å². The smallest absolute Gasteiger partial charge is 0.186 e. The number of hydrogen-bond donors (Lipinski definition) is 0. The molecule has 118 valence electrons. The standard InChI is InChI=1S/C22H17BrO/c23-16-21(15-22(24)20-9-5-2-6-10-20)19-13-11-18(12-14-19)17-7-3-1-4-8-17/h1-15H,16H2. The van der Waals surface area contributed by atoms with E-state index in [1.807, 2.05) is 48.5 Å². The molecular weight excluding hydrogens is 360 g/mol. The molecule has 0 heterocycles. The quantitative estimate of drug-likeness (QED) is 0.302. The number of halogens is 1. The van der Waals surface area contributed by atoms with Crippen LogP contribution in [0, 0.1) is 0 Å². The zero-order valence-electron chi connectivity index (χ0n) is 13.2. The second-order valence-corrected chi connectivity index (χ2v) is 6.04. The van der Waals surface area contributed by atoms with Crippen LogP contribution in [0.2, 0.25) is 0 Å². The Kier molecular flexibility index (Phi) is 5.39. The molecule has 0 aliphatic carbocycles. The molecule has 0 amide bonds. The summed E-state index contributed by atoms with van der Waals surface area (Å²) in [4.78, 5) is 12.4. The normalized spacial score (nSPS) is 11.3. The number of carbonyl (C=O) groups is 1. The molecule has 0 spiro atoms. The van der Waals surface area contributed by atoms with E-state index >= 15 is 0 Å². The largest absolute Gasteiger partial charge is 0.289 e. The van der Waals surface area contributed by atoms with Crippen molar-refractivity contribution in [3.8, 4) is 11.1 Å². The SMILES string of the molecule is O=C(C=C(CBr)c1ccc(-c2ccccc2)cc1)c1ccccc1. The van der Waals surface area contributed by atoms with Crippen LogP contribution < -0.4 is 0 Å². The lowest BCUT2D eigenvalue weighted by Crippen LogP contribution is -1.97. The number of hydrogen-bond acceptors (Lipinski definition) is 1. The van der Waals surface area contributed by atoms with E-state index in [4.69, 9.17) is 0 Å². The minimum atomic E-state index is 0.0252. The Labute approximate surface area is 150 Å². The Bertz CT molecular complexity index is 834. The van der Waals surface area contributed by atoms with Crippen molar-refractivity contribution in [2.75, 3.05) is 5.33 Å². The van der Waals surface area contributed by atoms with Crippen molar-refractivity contribution in [3.05, 3.63) is 102 Å². The number of allylic oxidation sites excluding steroid dienone is 2. The van der Waals surface area contributed by atoms with E-state index in [0.29, 0.717) is 10.9 Å². The van der Waals surface area contributed by atoms with Crippen LogP contribution in [0.15, 0.2) is 91.0 Å². The molecule has 0 saturated heterocycles. The number of ketones is 1. The van der Waals surface area contributed by atoms with Crippen molar-refractivity contribution in [2.24, 2.45) is 0 Å². The lowest BCUT2D eigenvalue weighted by molar-refractivity contribution is 0.104. The Morgan fingerprint density at radius 2 is 1.25 bits per heavy atom. The molecule has 0 saturated carbocycles. The van der Waals surface area contributed by atoms with Crippen LogP contribution in [-0.2, 0) is 0 Å². The van der Waals surface area contributed by atoms with Gasteiger partial charge in [0.15, 0.2) is 5.78 Å². The van der Waals surface area contributed by atoms with E-state index in [2.05, 4.69) is 52.3 Å². The lowest BCUT2D eigenvalue weighted by Gasteiger charge is -2.07. The molecule has 3 aromatic rings. The zero-order chi connectivity index (χ0) is 16.8. The Morgan fingerprint density at radius 3 is 1.83 bits per heavy atom. The first-order chi connectivity index (χ1) is 11.8.